The first-order valence-corrected chi connectivity index (χ1v) is 4.50. The molecule has 0 bridgehead atoms. The fourth-order valence-electron chi connectivity index (χ4n) is 0.129. The maximum absolute atomic E-state index is 10.7. The van der Waals surface area contributed by atoms with Crippen molar-refractivity contribution >= 4 is 7.37 Å². The summed E-state index contributed by atoms with van der Waals surface area (Å²) in [5.41, 5.74) is 0. The summed E-state index contributed by atoms with van der Waals surface area (Å²) in [4.78, 5) is 0. The van der Waals surface area contributed by atoms with Crippen LogP contribution < -0.4 is 0 Å². The number of rotatable bonds is 2. The molecule has 0 saturated heterocycles. The van der Waals surface area contributed by atoms with Crippen LogP contribution >= 0.6 is 7.37 Å². The monoisotopic (exact) mass is 186 g/mol. The van der Waals surface area contributed by atoms with E-state index in [1.54, 1.807) is 6.66 Å². The Morgan fingerprint density at radius 3 is 2.00 bits per heavy atom. The maximum Gasteiger partial charge on any atom is 0.199 e. The second kappa shape index (κ2) is 4.67. The van der Waals surface area contributed by atoms with Crippen LogP contribution in [0, 0.1) is 0 Å². The molecule has 0 aliphatic rings. The van der Waals surface area contributed by atoms with Crippen LogP contribution in [0.1, 0.15) is 6.92 Å². The molecule has 1 unspecified atom stereocenters. The summed E-state index contributed by atoms with van der Waals surface area (Å²) >= 11 is 0. The van der Waals surface area contributed by atoms with Gasteiger partial charge in [0.15, 0.2) is 7.37 Å². The van der Waals surface area contributed by atoms with Crippen molar-refractivity contribution in [3.05, 3.63) is 0 Å². The average molecular weight is 187 g/mol. The predicted molar refractivity (Wildman–Crippen MR) is 31.1 cm³/mol. The summed E-state index contributed by atoms with van der Waals surface area (Å²) in [6.45, 7) is 3.48. The van der Waals surface area contributed by atoms with Crippen LogP contribution in [0.4, 0.5) is 0 Å². The van der Waals surface area contributed by atoms with E-state index in [1.807, 2.05) is 6.92 Å². The molecule has 0 N–H and O–H groups in total. The summed E-state index contributed by atoms with van der Waals surface area (Å²) in [6, 6.07) is 0. The van der Waals surface area contributed by atoms with E-state index in [0.717, 1.165) is 0 Å². The Hall–Kier alpha value is 0.813. The van der Waals surface area contributed by atoms with Crippen LogP contribution in [0.2, 0.25) is 0 Å². The van der Waals surface area contributed by atoms with Gasteiger partial charge < -0.3 is 4.52 Å². The van der Waals surface area contributed by atoms with Crippen LogP contribution in [-0.4, -0.2) is 19.9 Å². The minimum atomic E-state index is -2.15. The van der Waals surface area contributed by atoms with E-state index in [-0.39, 0.29) is 19.5 Å². The molecule has 0 radical (unpaired) electrons. The zero-order valence-electron chi connectivity index (χ0n) is 5.68. The van der Waals surface area contributed by atoms with Gasteiger partial charge in [-0.2, -0.15) is 0 Å². The van der Waals surface area contributed by atoms with E-state index < -0.39 is 7.37 Å². The van der Waals surface area contributed by atoms with Crippen molar-refractivity contribution in [2.75, 3.05) is 19.9 Å². The minimum absolute atomic E-state index is 0. The van der Waals surface area contributed by atoms with E-state index in [9.17, 15) is 4.57 Å². The molecule has 1 atom stereocenters. The van der Waals surface area contributed by atoms with E-state index in [2.05, 4.69) is 4.52 Å². The van der Waals surface area contributed by atoms with Crippen molar-refractivity contribution in [2.45, 2.75) is 6.92 Å². The van der Waals surface area contributed by atoms with Crippen LogP contribution in [0.25, 0.3) is 0 Å². The molecule has 4 heteroatoms. The van der Waals surface area contributed by atoms with Crippen LogP contribution in [-0.2, 0) is 28.6 Å². The molecule has 8 heavy (non-hydrogen) atoms. The Morgan fingerprint density at radius 2 is 2.00 bits per heavy atom. The van der Waals surface area contributed by atoms with Gasteiger partial charge in [0.05, 0.1) is 0 Å². The molecule has 0 rings (SSSR count). The zero-order valence-corrected chi connectivity index (χ0v) is 9.54. The van der Waals surface area contributed by atoms with Gasteiger partial charge in [-0.25, -0.2) is 0 Å². The summed E-state index contributed by atoms with van der Waals surface area (Å²) in [5.74, 6) is 0. The largest absolute Gasteiger partial charge is 0.332 e. The van der Waals surface area contributed by atoms with Crippen molar-refractivity contribution in [3.8, 4) is 0 Å². The zero-order chi connectivity index (χ0) is 5.91. The van der Waals surface area contributed by atoms with E-state index in [4.69, 9.17) is 0 Å². The first-order valence-electron chi connectivity index (χ1n) is 2.24. The molecule has 0 aliphatic carbocycles. The molecule has 0 aromatic rings. The maximum atomic E-state index is 10.7. The Kier molecular flexibility index (Phi) is 6.77. The quantitative estimate of drug-likeness (QED) is 0.484. The van der Waals surface area contributed by atoms with E-state index >= 15 is 0 Å². The molecule has 0 spiro atoms. The van der Waals surface area contributed by atoms with Crippen molar-refractivity contribution in [1.82, 2.24) is 0 Å². The fourth-order valence-corrected chi connectivity index (χ4v) is 0.387. The third-order valence-corrected chi connectivity index (χ3v) is 2.88. The summed E-state index contributed by atoms with van der Waals surface area (Å²) < 4.78 is 15.4. The molecule has 0 aromatic carbocycles. The van der Waals surface area contributed by atoms with Crippen molar-refractivity contribution < 1.29 is 28.6 Å². The summed E-state index contributed by atoms with van der Waals surface area (Å²) in [5, 5.41) is 0. The Bertz CT molecular complexity index is 86.0. The molecular weight excluding hydrogens is 176 g/mol. The normalized spacial score (nSPS) is 16.4. The smallest absolute Gasteiger partial charge is 0.199 e. The van der Waals surface area contributed by atoms with Gasteiger partial charge in [-0.05, 0) is 0 Å². The number of hydrogen-bond acceptors (Lipinski definition) is 2. The molecule has 0 saturated carbocycles. The molecule has 0 amide bonds. The van der Waals surface area contributed by atoms with Gasteiger partial charge in [0, 0.05) is 39.4 Å². The summed E-state index contributed by atoms with van der Waals surface area (Å²) in [7, 11) is -0.678. The van der Waals surface area contributed by atoms with Crippen LogP contribution in [0.15, 0.2) is 0 Å². The SMILES string of the molecule is CCP(C)(=O)OC.[Zn]. The predicted octanol–water partition coefficient (Wildman–Crippen LogP) is 1.56. The van der Waals surface area contributed by atoms with Crippen LogP contribution in [0.5, 0.6) is 0 Å². The van der Waals surface area contributed by atoms with Gasteiger partial charge in [-0.1, -0.05) is 6.92 Å². The minimum Gasteiger partial charge on any atom is -0.332 e. The molecular formula is C4H11O2PZn. The van der Waals surface area contributed by atoms with E-state index in [0.29, 0.717) is 6.16 Å². The van der Waals surface area contributed by atoms with Crippen molar-refractivity contribution in [3.63, 3.8) is 0 Å². The van der Waals surface area contributed by atoms with Crippen molar-refractivity contribution in [2.24, 2.45) is 0 Å². The molecule has 0 heterocycles. The third kappa shape index (κ3) is 4.96. The van der Waals surface area contributed by atoms with Crippen LogP contribution in [0.3, 0.4) is 0 Å². The second-order valence-corrected chi connectivity index (χ2v) is 4.54. The number of hydrogen-bond donors (Lipinski definition) is 0. The van der Waals surface area contributed by atoms with E-state index in [1.165, 1.54) is 7.11 Å². The fraction of sp³-hybridized carbons (Fsp3) is 1.00. The standard InChI is InChI=1S/C4H11O2P.Zn/c1-4-7(3,5)6-2;/h4H2,1-3H3;. The van der Waals surface area contributed by atoms with Gasteiger partial charge in [0.1, 0.15) is 0 Å². The molecule has 0 aromatic heterocycles. The van der Waals surface area contributed by atoms with Gasteiger partial charge >= 0.3 is 0 Å². The second-order valence-electron chi connectivity index (χ2n) is 1.51. The molecule has 0 aliphatic heterocycles. The first kappa shape index (κ1) is 11.6. The van der Waals surface area contributed by atoms with Gasteiger partial charge in [-0.3, -0.25) is 4.57 Å². The molecule has 46 valence electrons. The van der Waals surface area contributed by atoms with Gasteiger partial charge in [0.25, 0.3) is 0 Å². The molecule has 0 fully saturated rings. The topological polar surface area (TPSA) is 26.3 Å². The summed E-state index contributed by atoms with van der Waals surface area (Å²) in [6.07, 6.45) is 0.628. The van der Waals surface area contributed by atoms with Gasteiger partial charge in [0.2, 0.25) is 0 Å². The van der Waals surface area contributed by atoms with Gasteiger partial charge in [-0.15, -0.1) is 0 Å². The first-order chi connectivity index (χ1) is 3.12. The average Bonchev–Trinajstić information content (AvgIpc) is 1.68. The van der Waals surface area contributed by atoms with Crippen molar-refractivity contribution in [1.29, 1.82) is 0 Å². The Labute approximate surface area is 63.2 Å². The third-order valence-electron chi connectivity index (χ3n) is 0.961. The Morgan fingerprint density at radius 1 is 1.62 bits per heavy atom. The molecule has 2 nitrogen and oxygen atoms in total. The Balaban J connectivity index is 0.